The summed E-state index contributed by atoms with van der Waals surface area (Å²) in [5.74, 6) is -0.861. The van der Waals surface area contributed by atoms with E-state index >= 15 is 0 Å². The van der Waals surface area contributed by atoms with Gasteiger partial charge in [0, 0.05) is 11.3 Å². The van der Waals surface area contributed by atoms with Crippen LogP contribution in [0.3, 0.4) is 0 Å². The van der Waals surface area contributed by atoms with Crippen molar-refractivity contribution in [1.29, 1.82) is 0 Å². The highest BCUT2D eigenvalue weighted by atomic mass is 31.2. The molecule has 0 fully saturated rings. The minimum Gasteiger partial charge on any atom is -0.398 e. The minimum absolute atomic E-state index is 0.00484. The van der Waals surface area contributed by atoms with Crippen molar-refractivity contribution < 1.29 is 33.9 Å². The number of carbonyl (C=O) groups excluding carboxylic acids is 1. The van der Waals surface area contributed by atoms with Crippen LogP contribution in [0.2, 0.25) is 0 Å². The Kier molecular flexibility index (Phi) is 5.19. The molecule has 2 atom stereocenters. The summed E-state index contributed by atoms with van der Waals surface area (Å²) in [6.07, 6.45) is -3.67. The number of nitrogen functional groups attached to an aromatic ring is 1. The van der Waals surface area contributed by atoms with E-state index in [1.807, 2.05) is 0 Å². The fourth-order valence-corrected chi connectivity index (χ4v) is 1.67. The number of nitrogens with two attached hydrogens (primary N) is 1. The number of ketones is 1. The van der Waals surface area contributed by atoms with Crippen molar-refractivity contribution in [1.82, 2.24) is 0 Å². The molecule has 0 spiro atoms. The van der Waals surface area contributed by atoms with Crippen LogP contribution >= 0.6 is 7.82 Å². The van der Waals surface area contributed by atoms with E-state index < -0.39 is 32.4 Å². The lowest BCUT2D eigenvalue weighted by Crippen LogP contribution is -2.37. The monoisotopic (exact) mass is 291 g/mol. The van der Waals surface area contributed by atoms with Gasteiger partial charge in [-0.15, -0.1) is 0 Å². The Morgan fingerprint density at radius 2 is 1.89 bits per heavy atom. The van der Waals surface area contributed by atoms with Crippen LogP contribution < -0.4 is 5.73 Å². The van der Waals surface area contributed by atoms with Crippen molar-refractivity contribution in [2.75, 3.05) is 12.3 Å². The molecule has 1 aromatic carbocycles. The molecule has 8 nitrogen and oxygen atoms in total. The second kappa shape index (κ2) is 6.25. The Bertz CT molecular complexity index is 500. The topological polar surface area (TPSA) is 150 Å². The molecular weight excluding hydrogens is 277 g/mol. The van der Waals surface area contributed by atoms with E-state index in [1.165, 1.54) is 18.2 Å². The lowest BCUT2D eigenvalue weighted by Gasteiger charge is -2.17. The number of Topliss-reactive ketones (excluding diaryl/α,β-unsaturated/α-hetero) is 1. The summed E-state index contributed by atoms with van der Waals surface area (Å²) < 4.78 is 14.4. The van der Waals surface area contributed by atoms with Crippen LogP contribution in [0.4, 0.5) is 5.69 Å². The summed E-state index contributed by atoms with van der Waals surface area (Å²) in [7, 11) is -4.78. The number of hydrogen-bond acceptors (Lipinski definition) is 6. The van der Waals surface area contributed by atoms with Gasteiger partial charge in [-0.05, 0) is 12.1 Å². The highest BCUT2D eigenvalue weighted by Crippen LogP contribution is 2.35. The van der Waals surface area contributed by atoms with Crippen LogP contribution in [-0.2, 0) is 9.09 Å². The number of para-hydroxylation sites is 1. The van der Waals surface area contributed by atoms with Gasteiger partial charge in [-0.25, -0.2) is 4.57 Å². The van der Waals surface area contributed by atoms with Gasteiger partial charge in [0.2, 0.25) is 0 Å². The summed E-state index contributed by atoms with van der Waals surface area (Å²) in [6, 6.07) is 5.91. The molecule has 0 heterocycles. The standard InChI is InChI=1S/C10H14NO7P/c11-7-4-2-1-3-6(7)9(13)10(14)8(12)5-18-19(15,16)17/h1-4,8,10,12,14H,5,11H2,(H2,15,16,17). The van der Waals surface area contributed by atoms with Crippen molar-refractivity contribution in [2.45, 2.75) is 12.2 Å². The third-order valence-electron chi connectivity index (χ3n) is 2.27. The van der Waals surface area contributed by atoms with Crippen LogP contribution in [0, 0.1) is 0 Å². The van der Waals surface area contributed by atoms with E-state index in [-0.39, 0.29) is 11.3 Å². The smallest absolute Gasteiger partial charge is 0.398 e. The van der Waals surface area contributed by atoms with Crippen LogP contribution in [0.25, 0.3) is 0 Å². The average molecular weight is 291 g/mol. The highest BCUT2D eigenvalue weighted by Gasteiger charge is 2.28. The van der Waals surface area contributed by atoms with E-state index in [2.05, 4.69) is 4.52 Å². The van der Waals surface area contributed by atoms with Crippen molar-refractivity contribution in [3.8, 4) is 0 Å². The molecule has 0 saturated carbocycles. The predicted octanol–water partition coefficient (Wildman–Crippen LogP) is -0.717. The molecule has 1 rings (SSSR count). The molecule has 0 radical (unpaired) electrons. The van der Waals surface area contributed by atoms with Gasteiger partial charge in [-0.2, -0.15) is 0 Å². The van der Waals surface area contributed by atoms with Gasteiger partial charge in [0.1, 0.15) is 12.2 Å². The Labute approximate surface area is 108 Å². The van der Waals surface area contributed by atoms with E-state index in [9.17, 15) is 19.6 Å². The lowest BCUT2D eigenvalue weighted by molar-refractivity contribution is -0.00511. The Hall–Kier alpha value is -1.28. The maximum Gasteiger partial charge on any atom is 0.469 e. The molecule has 0 amide bonds. The molecule has 106 valence electrons. The van der Waals surface area contributed by atoms with Gasteiger partial charge >= 0.3 is 7.82 Å². The Morgan fingerprint density at radius 3 is 2.42 bits per heavy atom. The van der Waals surface area contributed by atoms with E-state index in [4.69, 9.17) is 15.5 Å². The van der Waals surface area contributed by atoms with Crippen molar-refractivity contribution in [2.24, 2.45) is 0 Å². The van der Waals surface area contributed by atoms with Gasteiger partial charge in [0.15, 0.2) is 5.78 Å². The summed E-state index contributed by atoms with van der Waals surface area (Å²) >= 11 is 0. The number of rotatable bonds is 6. The number of aliphatic hydroxyl groups excluding tert-OH is 2. The normalized spacial score (nSPS) is 14.9. The quantitative estimate of drug-likeness (QED) is 0.262. The van der Waals surface area contributed by atoms with Crippen LogP contribution in [0.1, 0.15) is 10.4 Å². The molecule has 0 aliphatic rings. The Morgan fingerprint density at radius 1 is 1.32 bits per heavy atom. The molecule has 0 aliphatic heterocycles. The molecule has 0 aromatic heterocycles. The molecule has 0 aliphatic carbocycles. The number of hydrogen-bond donors (Lipinski definition) is 5. The Balaban J connectivity index is 2.72. The van der Waals surface area contributed by atoms with Crippen molar-refractivity contribution >= 4 is 19.3 Å². The van der Waals surface area contributed by atoms with Crippen LogP contribution in [-0.4, -0.2) is 44.6 Å². The summed E-state index contributed by atoms with van der Waals surface area (Å²) in [5.41, 5.74) is 5.66. The molecule has 9 heteroatoms. The van der Waals surface area contributed by atoms with E-state index in [1.54, 1.807) is 6.07 Å². The summed E-state index contributed by atoms with van der Waals surface area (Å²) in [6.45, 7) is -0.885. The van der Waals surface area contributed by atoms with Crippen molar-refractivity contribution in [3.05, 3.63) is 29.8 Å². The van der Waals surface area contributed by atoms with Gasteiger partial charge < -0.3 is 25.7 Å². The zero-order chi connectivity index (χ0) is 14.6. The van der Waals surface area contributed by atoms with Gasteiger partial charge in [-0.3, -0.25) is 9.32 Å². The zero-order valence-corrected chi connectivity index (χ0v) is 10.6. The van der Waals surface area contributed by atoms with E-state index in [0.29, 0.717) is 0 Å². The zero-order valence-electron chi connectivity index (χ0n) is 9.71. The average Bonchev–Trinajstić information content (AvgIpc) is 2.34. The molecular formula is C10H14NO7P. The number of phosphoric acid groups is 1. The largest absolute Gasteiger partial charge is 0.469 e. The number of phosphoric ester groups is 1. The second-order valence-corrected chi connectivity index (χ2v) is 4.99. The lowest BCUT2D eigenvalue weighted by atomic mass is 10.0. The van der Waals surface area contributed by atoms with Gasteiger partial charge in [0.05, 0.1) is 6.61 Å². The summed E-state index contributed by atoms with van der Waals surface area (Å²) in [5, 5.41) is 19.0. The van der Waals surface area contributed by atoms with Gasteiger partial charge in [0.25, 0.3) is 0 Å². The third kappa shape index (κ3) is 4.71. The number of carbonyl (C=O) groups is 1. The van der Waals surface area contributed by atoms with Crippen LogP contribution in [0.15, 0.2) is 24.3 Å². The molecule has 1 aromatic rings. The van der Waals surface area contributed by atoms with Gasteiger partial charge in [-0.1, -0.05) is 12.1 Å². The fourth-order valence-electron chi connectivity index (χ4n) is 1.32. The number of benzene rings is 1. The highest BCUT2D eigenvalue weighted by molar-refractivity contribution is 7.46. The first-order valence-corrected chi connectivity index (χ1v) is 6.70. The molecule has 19 heavy (non-hydrogen) atoms. The molecule has 0 saturated heterocycles. The van der Waals surface area contributed by atoms with Crippen molar-refractivity contribution in [3.63, 3.8) is 0 Å². The second-order valence-electron chi connectivity index (χ2n) is 3.75. The molecule has 6 N–H and O–H groups in total. The number of aliphatic hydroxyl groups is 2. The first-order valence-electron chi connectivity index (χ1n) is 5.17. The third-order valence-corrected chi connectivity index (χ3v) is 2.76. The SMILES string of the molecule is Nc1ccccc1C(=O)C(O)C(O)COP(=O)(O)O. The molecule has 2 unspecified atom stereocenters. The maximum absolute atomic E-state index is 11.8. The molecule has 0 bridgehead atoms. The minimum atomic E-state index is -4.78. The number of anilines is 1. The predicted molar refractivity (Wildman–Crippen MR) is 65.2 cm³/mol. The van der Waals surface area contributed by atoms with E-state index in [0.717, 1.165) is 0 Å². The van der Waals surface area contributed by atoms with Crippen LogP contribution in [0.5, 0.6) is 0 Å². The summed E-state index contributed by atoms with van der Waals surface area (Å²) in [4.78, 5) is 28.7. The fraction of sp³-hybridized carbons (Fsp3) is 0.300. The first-order chi connectivity index (χ1) is 8.72. The first kappa shape index (κ1) is 15.8. The maximum atomic E-state index is 11.8.